The number of nitrogens with zero attached hydrogens (tertiary/aromatic N) is 1. The highest BCUT2D eigenvalue weighted by Crippen LogP contribution is 2.54. The van der Waals surface area contributed by atoms with E-state index in [0.717, 1.165) is 37.5 Å². The summed E-state index contributed by atoms with van der Waals surface area (Å²) in [5, 5.41) is 8.88. The van der Waals surface area contributed by atoms with Crippen molar-refractivity contribution in [3.8, 4) is 0 Å². The molecule has 4 heteroatoms. The van der Waals surface area contributed by atoms with E-state index in [1.807, 2.05) is 0 Å². The van der Waals surface area contributed by atoms with E-state index in [0.29, 0.717) is 12.5 Å². The van der Waals surface area contributed by atoms with Gasteiger partial charge in [-0.1, -0.05) is 0 Å². The number of carbonyl (C=O) groups excluding carboxylic acids is 1. The van der Waals surface area contributed by atoms with Gasteiger partial charge in [0.1, 0.15) is 6.54 Å². The van der Waals surface area contributed by atoms with Crippen molar-refractivity contribution < 1.29 is 14.7 Å². The average Bonchev–Trinajstić information content (AvgIpc) is 3.18. The van der Waals surface area contributed by atoms with Crippen LogP contribution in [0.25, 0.3) is 0 Å². The zero-order valence-corrected chi connectivity index (χ0v) is 9.97. The molecule has 0 heterocycles. The van der Waals surface area contributed by atoms with Gasteiger partial charge in [-0.05, 0) is 49.9 Å². The number of amides is 1. The van der Waals surface area contributed by atoms with Crippen molar-refractivity contribution in [3.63, 3.8) is 0 Å². The van der Waals surface area contributed by atoms with Crippen LogP contribution < -0.4 is 0 Å². The van der Waals surface area contributed by atoms with E-state index in [9.17, 15) is 9.59 Å². The van der Waals surface area contributed by atoms with E-state index in [4.69, 9.17) is 5.11 Å². The number of aliphatic carboxylic acids is 1. The van der Waals surface area contributed by atoms with Crippen LogP contribution in [0, 0.1) is 23.7 Å². The third-order valence-electron chi connectivity index (χ3n) is 4.41. The smallest absolute Gasteiger partial charge is 0.323 e. The second-order valence-electron chi connectivity index (χ2n) is 5.98. The monoisotopic (exact) mass is 237 g/mol. The molecule has 0 aromatic heterocycles. The van der Waals surface area contributed by atoms with Crippen molar-refractivity contribution >= 4 is 11.9 Å². The summed E-state index contributed by atoms with van der Waals surface area (Å²) in [6.07, 6.45) is 5.61. The highest BCUT2D eigenvalue weighted by atomic mass is 16.4. The molecule has 0 aromatic carbocycles. The Hall–Kier alpha value is -1.06. The molecule has 3 aliphatic carbocycles. The van der Waals surface area contributed by atoms with Crippen molar-refractivity contribution in [2.75, 3.05) is 13.1 Å². The Kier molecular flexibility index (Phi) is 2.60. The van der Waals surface area contributed by atoms with Crippen LogP contribution in [0.2, 0.25) is 0 Å². The summed E-state index contributed by atoms with van der Waals surface area (Å²) in [4.78, 5) is 24.7. The van der Waals surface area contributed by atoms with Crippen LogP contribution in [0.4, 0.5) is 0 Å². The minimum Gasteiger partial charge on any atom is -0.480 e. The molecule has 3 aliphatic rings. The fourth-order valence-electron chi connectivity index (χ4n) is 3.18. The van der Waals surface area contributed by atoms with Gasteiger partial charge in [0.25, 0.3) is 0 Å². The van der Waals surface area contributed by atoms with Crippen LogP contribution in [0.15, 0.2) is 0 Å². The first kappa shape index (κ1) is 11.1. The quantitative estimate of drug-likeness (QED) is 0.785. The van der Waals surface area contributed by atoms with Crippen LogP contribution in [0.5, 0.6) is 0 Å². The maximum atomic E-state index is 12.3. The maximum absolute atomic E-state index is 12.3. The van der Waals surface area contributed by atoms with Crippen molar-refractivity contribution in [2.24, 2.45) is 23.7 Å². The van der Waals surface area contributed by atoms with Gasteiger partial charge in [-0.2, -0.15) is 0 Å². The van der Waals surface area contributed by atoms with Crippen LogP contribution in [0.3, 0.4) is 0 Å². The Bertz CT molecular complexity index is 341. The molecule has 0 bridgehead atoms. The molecule has 0 aromatic rings. The van der Waals surface area contributed by atoms with Gasteiger partial charge in [0.05, 0.1) is 0 Å². The molecule has 3 saturated carbocycles. The van der Waals surface area contributed by atoms with E-state index in [1.165, 1.54) is 6.42 Å². The van der Waals surface area contributed by atoms with Gasteiger partial charge in [0.2, 0.25) is 5.91 Å². The van der Waals surface area contributed by atoms with Gasteiger partial charge in [0, 0.05) is 12.5 Å². The summed E-state index contributed by atoms with van der Waals surface area (Å²) >= 11 is 0. The summed E-state index contributed by atoms with van der Waals surface area (Å²) < 4.78 is 0. The van der Waals surface area contributed by atoms with Crippen molar-refractivity contribution in [3.05, 3.63) is 0 Å². The summed E-state index contributed by atoms with van der Waals surface area (Å²) in [6.45, 7) is 0.554. The van der Waals surface area contributed by atoms with E-state index < -0.39 is 5.97 Å². The molecule has 3 rings (SSSR count). The Morgan fingerprint density at radius 1 is 1.12 bits per heavy atom. The molecule has 0 spiro atoms. The highest BCUT2D eigenvalue weighted by Gasteiger charge is 2.49. The van der Waals surface area contributed by atoms with E-state index >= 15 is 0 Å². The first-order chi connectivity index (χ1) is 8.13. The molecule has 0 radical (unpaired) electrons. The normalized spacial score (nSPS) is 34.2. The standard InChI is InChI=1S/C13H19NO3/c15-12(16)7-14(6-8-1-2-8)13(17)11-4-9-3-10(9)5-11/h8-11H,1-7H2,(H,15,16). The van der Waals surface area contributed by atoms with E-state index in [2.05, 4.69) is 0 Å². The van der Waals surface area contributed by atoms with Gasteiger partial charge >= 0.3 is 5.97 Å². The number of carboxylic acids is 1. The van der Waals surface area contributed by atoms with Crippen molar-refractivity contribution in [2.45, 2.75) is 32.1 Å². The molecule has 94 valence electrons. The first-order valence-corrected chi connectivity index (χ1v) is 6.64. The third-order valence-corrected chi connectivity index (χ3v) is 4.41. The van der Waals surface area contributed by atoms with E-state index in [-0.39, 0.29) is 18.4 Å². The van der Waals surface area contributed by atoms with Crippen LogP contribution in [0.1, 0.15) is 32.1 Å². The Morgan fingerprint density at radius 3 is 2.29 bits per heavy atom. The lowest BCUT2D eigenvalue weighted by atomic mass is 10.0. The zero-order valence-electron chi connectivity index (χ0n) is 9.97. The molecular formula is C13H19NO3. The topological polar surface area (TPSA) is 57.6 Å². The number of hydrogen-bond donors (Lipinski definition) is 1. The number of carbonyl (C=O) groups is 2. The largest absolute Gasteiger partial charge is 0.480 e. The van der Waals surface area contributed by atoms with Crippen molar-refractivity contribution in [1.82, 2.24) is 4.90 Å². The molecular weight excluding hydrogens is 218 g/mol. The molecule has 1 amide bonds. The van der Waals surface area contributed by atoms with Gasteiger partial charge in [-0.25, -0.2) is 0 Å². The fourth-order valence-corrected chi connectivity index (χ4v) is 3.18. The molecule has 17 heavy (non-hydrogen) atoms. The summed E-state index contributed by atoms with van der Waals surface area (Å²) in [6, 6.07) is 0. The van der Waals surface area contributed by atoms with Gasteiger partial charge in [-0.3, -0.25) is 9.59 Å². The lowest BCUT2D eigenvalue weighted by Gasteiger charge is -2.24. The van der Waals surface area contributed by atoms with Gasteiger partial charge in [-0.15, -0.1) is 0 Å². The van der Waals surface area contributed by atoms with Gasteiger partial charge < -0.3 is 10.0 Å². The molecule has 0 saturated heterocycles. The molecule has 0 aliphatic heterocycles. The van der Waals surface area contributed by atoms with Crippen LogP contribution >= 0.6 is 0 Å². The first-order valence-electron chi connectivity index (χ1n) is 6.64. The number of hydrogen-bond acceptors (Lipinski definition) is 2. The summed E-state index contributed by atoms with van der Waals surface area (Å²) in [5.74, 6) is 1.45. The Labute approximate surface area is 101 Å². The lowest BCUT2D eigenvalue weighted by Crippen LogP contribution is -2.40. The Morgan fingerprint density at radius 2 is 1.76 bits per heavy atom. The Balaban J connectivity index is 1.59. The molecule has 2 atom stereocenters. The average molecular weight is 237 g/mol. The predicted octanol–water partition coefficient (Wildman–Crippen LogP) is 1.36. The predicted molar refractivity (Wildman–Crippen MR) is 61.3 cm³/mol. The number of rotatable bonds is 5. The second kappa shape index (κ2) is 4.00. The van der Waals surface area contributed by atoms with E-state index in [1.54, 1.807) is 4.90 Å². The minimum absolute atomic E-state index is 0.103. The highest BCUT2D eigenvalue weighted by molar-refractivity contribution is 5.83. The SMILES string of the molecule is O=C(O)CN(CC1CC1)C(=O)C1CC2CC2C1. The van der Waals surface area contributed by atoms with Crippen LogP contribution in [-0.2, 0) is 9.59 Å². The zero-order chi connectivity index (χ0) is 12.0. The molecule has 4 nitrogen and oxygen atoms in total. The van der Waals surface area contributed by atoms with Crippen LogP contribution in [-0.4, -0.2) is 35.0 Å². The summed E-state index contributed by atoms with van der Waals surface area (Å²) in [7, 11) is 0. The summed E-state index contributed by atoms with van der Waals surface area (Å²) in [5.41, 5.74) is 0. The molecule has 3 fully saturated rings. The fraction of sp³-hybridized carbons (Fsp3) is 0.846. The molecule has 2 unspecified atom stereocenters. The van der Waals surface area contributed by atoms with Crippen molar-refractivity contribution in [1.29, 1.82) is 0 Å². The third kappa shape index (κ3) is 2.45. The number of fused-ring (bicyclic) bond motifs is 1. The maximum Gasteiger partial charge on any atom is 0.323 e. The molecule has 1 N–H and O–H groups in total. The second-order valence-corrected chi connectivity index (χ2v) is 5.98. The number of carboxylic acid groups (broad SMARTS) is 1. The van der Waals surface area contributed by atoms with Gasteiger partial charge in [0.15, 0.2) is 0 Å². The minimum atomic E-state index is -0.887. The lowest BCUT2D eigenvalue weighted by molar-refractivity contribution is -0.146.